The lowest BCUT2D eigenvalue weighted by Gasteiger charge is -2.32. The van der Waals surface area contributed by atoms with Crippen molar-refractivity contribution in [2.45, 2.75) is 39.0 Å². The molecule has 126 valence electrons. The third-order valence-electron chi connectivity index (χ3n) is 4.32. The number of nitrogens with one attached hydrogen (secondary N) is 1. The summed E-state index contributed by atoms with van der Waals surface area (Å²) >= 11 is 0. The lowest BCUT2D eigenvalue weighted by Crippen LogP contribution is -2.39. The van der Waals surface area contributed by atoms with Crippen molar-refractivity contribution in [1.82, 2.24) is 19.9 Å². The Bertz CT molecular complexity index is 718. The van der Waals surface area contributed by atoms with E-state index in [1.807, 2.05) is 36.9 Å². The molecule has 1 aliphatic rings. The van der Waals surface area contributed by atoms with Gasteiger partial charge in [0.15, 0.2) is 5.82 Å². The predicted octanol–water partition coefficient (Wildman–Crippen LogP) is 3.04. The van der Waals surface area contributed by atoms with E-state index in [9.17, 15) is 4.79 Å². The van der Waals surface area contributed by atoms with Crippen LogP contribution in [0.15, 0.2) is 30.6 Å². The summed E-state index contributed by atoms with van der Waals surface area (Å²) in [4.78, 5) is 27.4. The highest BCUT2D eigenvalue weighted by Crippen LogP contribution is 2.30. The van der Waals surface area contributed by atoms with E-state index < -0.39 is 0 Å². The second-order valence-corrected chi connectivity index (χ2v) is 6.11. The molecule has 24 heavy (non-hydrogen) atoms. The van der Waals surface area contributed by atoms with E-state index in [0.717, 1.165) is 42.4 Å². The first-order valence-corrected chi connectivity index (χ1v) is 8.46. The Kier molecular flexibility index (Phi) is 5.03. The van der Waals surface area contributed by atoms with Gasteiger partial charge in [-0.2, -0.15) is 0 Å². The Morgan fingerprint density at radius 2 is 2.17 bits per heavy atom. The lowest BCUT2D eigenvalue weighted by molar-refractivity contribution is -0.132. The Labute approximate surface area is 142 Å². The van der Waals surface area contributed by atoms with Crippen LogP contribution in [-0.2, 0) is 4.79 Å². The number of likely N-dealkylation sites (tertiary alicyclic amines) is 1. The van der Waals surface area contributed by atoms with Crippen LogP contribution in [0.25, 0.3) is 0 Å². The van der Waals surface area contributed by atoms with Gasteiger partial charge in [0.05, 0.1) is 5.69 Å². The van der Waals surface area contributed by atoms with Gasteiger partial charge in [0.2, 0.25) is 5.91 Å². The van der Waals surface area contributed by atoms with Crippen molar-refractivity contribution in [2.75, 3.05) is 18.4 Å². The number of aryl methyl sites for hydroxylation is 1. The predicted molar refractivity (Wildman–Crippen MR) is 93.1 cm³/mol. The van der Waals surface area contributed by atoms with Crippen LogP contribution in [-0.4, -0.2) is 38.8 Å². The van der Waals surface area contributed by atoms with Crippen molar-refractivity contribution in [3.05, 3.63) is 42.0 Å². The monoisotopic (exact) mass is 325 g/mol. The molecule has 0 saturated carbocycles. The van der Waals surface area contributed by atoms with Crippen LogP contribution in [0.4, 0.5) is 11.6 Å². The molecule has 2 aromatic heterocycles. The molecule has 1 saturated heterocycles. The van der Waals surface area contributed by atoms with Crippen molar-refractivity contribution in [2.24, 2.45) is 0 Å². The number of amides is 1. The number of pyridine rings is 1. The molecule has 1 atom stereocenters. The van der Waals surface area contributed by atoms with Crippen LogP contribution in [0.2, 0.25) is 0 Å². The zero-order valence-electron chi connectivity index (χ0n) is 14.2. The SMILES string of the molecule is CCC(=O)N1CCC[C@@H](c2nccnc2Nc2cccc(C)n2)C1. The molecule has 3 rings (SSSR count). The van der Waals surface area contributed by atoms with E-state index in [4.69, 9.17) is 0 Å². The summed E-state index contributed by atoms with van der Waals surface area (Å²) in [7, 11) is 0. The fourth-order valence-corrected chi connectivity index (χ4v) is 3.13. The molecule has 0 bridgehead atoms. The van der Waals surface area contributed by atoms with Crippen molar-refractivity contribution in [3.8, 4) is 0 Å². The molecule has 6 nitrogen and oxygen atoms in total. The fourth-order valence-electron chi connectivity index (χ4n) is 3.13. The van der Waals surface area contributed by atoms with E-state index in [1.54, 1.807) is 12.4 Å². The van der Waals surface area contributed by atoms with Crippen LogP contribution in [0, 0.1) is 6.92 Å². The second-order valence-electron chi connectivity index (χ2n) is 6.11. The van der Waals surface area contributed by atoms with E-state index in [0.29, 0.717) is 13.0 Å². The quantitative estimate of drug-likeness (QED) is 0.935. The van der Waals surface area contributed by atoms with Gasteiger partial charge in [0.25, 0.3) is 0 Å². The minimum absolute atomic E-state index is 0.204. The average Bonchev–Trinajstić information content (AvgIpc) is 2.61. The molecule has 0 aromatic carbocycles. The van der Waals surface area contributed by atoms with Gasteiger partial charge in [-0.15, -0.1) is 0 Å². The summed E-state index contributed by atoms with van der Waals surface area (Å²) in [5, 5.41) is 3.28. The summed E-state index contributed by atoms with van der Waals surface area (Å²) < 4.78 is 0. The van der Waals surface area contributed by atoms with Crippen LogP contribution < -0.4 is 5.32 Å². The zero-order valence-corrected chi connectivity index (χ0v) is 14.2. The van der Waals surface area contributed by atoms with Gasteiger partial charge >= 0.3 is 0 Å². The number of carbonyl (C=O) groups excluding carboxylic acids is 1. The molecule has 0 aliphatic carbocycles. The smallest absolute Gasteiger partial charge is 0.222 e. The van der Waals surface area contributed by atoms with Gasteiger partial charge in [0.1, 0.15) is 5.82 Å². The zero-order chi connectivity index (χ0) is 16.9. The summed E-state index contributed by atoms with van der Waals surface area (Å²) in [5.74, 6) is 1.90. The van der Waals surface area contributed by atoms with Crippen LogP contribution in [0.1, 0.15) is 43.5 Å². The summed E-state index contributed by atoms with van der Waals surface area (Å²) in [6, 6.07) is 5.83. The van der Waals surface area contributed by atoms with E-state index in [1.165, 1.54) is 0 Å². The highest BCUT2D eigenvalue weighted by atomic mass is 16.2. The summed E-state index contributed by atoms with van der Waals surface area (Å²) in [6.45, 7) is 5.41. The van der Waals surface area contributed by atoms with Gasteiger partial charge in [-0.25, -0.2) is 9.97 Å². The summed E-state index contributed by atoms with van der Waals surface area (Å²) in [5.41, 5.74) is 1.86. The average molecular weight is 325 g/mol. The Balaban J connectivity index is 1.82. The number of hydrogen-bond donors (Lipinski definition) is 1. The number of anilines is 2. The molecule has 0 unspecified atom stereocenters. The maximum atomic E-state index is 12.0. The number of nitrogens with zero attached hydrogens (tertiary/aromatic N) is 4. The summed E-state index contributed by atoms with van der Waals surface area (Å²) in [6.07, 6.45) is 5.95. The number of rotatable bonds is 4. The minimum Gasteiger partial charge on any atom is -0.342 e. The number of carbonyl (C=O) groups is 1. The first-order chi connectivity index (χ1) is 11.7. The number of piperidine rings is 1. The minimum atomic E-state index is 0.204. The van der Waals surface area contributed by atoms with Crippen LogP contribution in [0.3, 0.4) is 0 Å². The van der Waals surface area contributed by atoms with Crippen molar-refractivity contribution >= 4 is 17.5 Å². The molecule has 1 N–H and O–H groups in total. The molecule has 0 radical (unpaired) electrons. The molecule has 0 spiro atoms. The molecule has 2 aromatic rings. The molecule has 1 fully saturated rings. The Morgan fingerprint density at radius 3 is 2.96 bits per heavy atom. The number of hydrogen-bond acceptors (Lipinski definition) is 5. The van der Waals surface area contributed by atoms with E-state index in [2.05, 4.69) is 20.3 Å². The fraction of sp³-hybridized carbons (Fsp3) is 0.444. The highest BCUT2D eigenvalue weighted by Gasteiger charge is 2.27. The van der Waals surface area contributed by atoms with Crippen LogP contribution >= 0.6 is 0 Å². The molecular formula is C18H23N5O. The molecule has 1 amide bonds. The van der Waals surface area contributed by atoms with Crippen molar-refractivity contribution in [1.29, 1.82) is 0 Å². The van der Waals surface area contributed by atoms with Gasteiger partial charge in [0, 0.05) is 43.5 Å². The Hall–Kier alpha value is -2.50. The topological polar surface area (TPSA) is 71.0 Å². The molecule has 1 aliphatic heterocycles. The molecule has 6 heteroatoms. The first-order valence-electron chi connectivity index (χ1n) is 8.46. The first kappa shape index (κ1) is 16.4. The maximum absolute atomic E-state index is 12.0. The van der Waals surface area contributed by atoms with Crippen LogP contribution in [0.5, 0.6) is 0 Å². The maximum Gasteiger partial charge on any atom is 0.222 e. The largest absolute Gasteiger partial charge is 0.342 e. The third-order valence-corrected chi connectivity index (χ3v) is 4.32. The lowest BCUT2D eigenvalue weighted by atomic mass is 9.94. The highest BCUT2D eigenvalue weighted by molar-refractivity contribution is 5.76. The normalized spacial score (nSPS) is 17.6. The molecule has 3 heterocycles. The van der Waals surface area contributed by atoms with Crippen molar-refractivity contribution in [3.63, 3.8) is 0 Å². The second kappa shape index (κ2) is 7.38. The van der Waals surface area contributed by atoms with Gasteiger partial charge < -0.3 is 10.2 Å². The third kappa shape index (κ3) is 3.69. The van der Waals surface area contributed by atoms with Gasteiger partial charge in [-0.3, -0.25) is 9.78 Å². The van der Waals surface area contributed by atoms with E-state index in [-0.39, 0.29) is 11.8 Å². The number of aromatic nitrogens is 3. The van der Waals surface area contributed by atoms with Gasteiger partial charge in [-0.1, -0.05) is 13.0 Å². The molecular weight excluding hydrogens is 302 g/mol. The van der Waals surface area contributed by atoms with E-state index >= 15 is 0 Å². The standard InChI is InChI=1S/C18H23N5O/c1-3-16(24)23-11-5-7-14(12-23)17-18(20-10-9-19-17)22-15-8-4-6-13(2)21-15/h4,6,8-10,14H,3,5,7,11-12H2,1-2H3,(H,20,21,22)/t14-/m1/s1. The van der Waals surface area contributed by atoms with Gasteiger partial charge in [-0.05, 0) is 31.9 Å². The van der Waals surface area contributed by atoms with Crippen molar-refractivity contribution < 1.29 is 4.79 Å². The Morgan fingerprint density at radius 1 is 1.33 bits per heavy atom.